The molecule has 2 aromatic rings. The van der Waals surface area contributed by atoms with Crippen LogP contribution >= 0.6 is 11.6 Å². The first kappa shape index (κ1) is 20.3. The highest BCUT2D eigenvalue weighted by Gasteiger charge is 2.13. The molecule has 0 aliphatic carbocycles. The quantitative estimate of drug-likeness (QED) is 0.568. The fourth-order valence-electron chi connectivity index (χ4n) is 2.65. The maximum atomic E-state index is 13.7. The van der Waals surface area contributed by atoms with Gasteiger partial charge in [0.15, 0.2) is 0 Å². The second-order valence-electron chi connectivity index (χ2n) is 6.24. The standard InChI is InChI=1S/C20H21ClFN3O3/c21-18-2-1-3-19(22)17(18)14-28-16-6-4-15(5-7-16)12-23-24-20(26)13-25-8-10-27-11-9-25/h1-7,12H,8-11,13-14H2,(H,24,26)/b23-12+. The fraction of sp³-hybridized carbons (Fsp3) is 0.300. The third kappa shape index (κ3) is 6.02. The van der Waals surface area contributed by atoms with Crippen molar-refractivity contribution in [3.8, 4) is 5.75 Å². The number of carbonyl (C=O) groups excluding carboxylic acids is 1. The lowest BCUT2D eigenvalue weighted by Crippen LogP contribution is -2.42. The van der Waals surface area contributed by atoms with Crippen molar-refractivity contribution in [1.82, 2.24) is 10.3 Å². The van der Waals surface area contributed by atoms with Gasteiger partial charge in [0.25, 0.3) is 5.91 Å². The first-order chi connectivity index (χ1) is 13.6. The number of nitrogens with one attached hydrogen (secondary N) is 1. The van der Waals surface area contributed by atoms with Crippen molar-refractivity contribution < 1.29 is 18.7 Å². The number of nitrogens with zero attached hydrogens (tertiary/aromatic N) is 2. The number of halogens is 2. The van der Waals surface area contributed by atoms with E-state index in [9.17, 15) is 9.18 Å². The molecule has 0 saturated carbocycles. The fourth-order valence-corrected chi connectivity index (χ4v) is 2.87. The molecule has 1 amide bonds. The van der Waals surface area contributed by atoms with Crippen LogP contribution in [0.5, 0.6) is 5.75 Å². The Morgan fingerprint density at radius 2 is 2.00 bits per heavy atom. The minimum Gasteiger partial charge on any atom is -0.489 e. The second-order valence-corrected chi connectivity index (χ2v) is 6.65. The summed E-state index contributed by atoms with van der Waals surface area (Å²) in [4.78, 5) is 13.9. The zero-order valence-electron chi connectivity index (χ0n) is 15.2. The Labute approximate surface area is 167 Å². The lowest BCUT2D eigenvalue weighted by molar-refractivity contribution is -0.123. The third-order valence-corrected chi connectivity index (χ3v) is 4.55. The van der Waals surface area contributed by atoms with E-state index in [1.165, 1.54) is 6.07 Å². The zero-order valence-corrected chi connectivity index (χ0v) is 16.0. The van der Waals surface area contributed by atoms with E-state index in [-0.39, 0.29) is 12.5 Å². The zero-order chi connectivity index (χ0) is 19.8. The van der Waals surface area contributed by atoms with Crippen molar-refractivity contribution in [2.24, 2.45) is 5.10 Å². The van der Waals surface area contributed by atoms with E-state index in [0.717, 1.165) is 18.7 Å². The number of rotatable bonds is 7. The van der Waals surface area contributed by atoms with E-state index in [2.05, 4.69) is 10.5 Å². The molecule has 1 saturated heterocycles. The molecule has 1 heterocycles. The molecule has 148 valence electrons. The molecule has 0 radical (unpaired) electrons. The molecular weight excluding hydrogens is 385 g/mol. The van der Waals surface area contributed by atoms with Crippen LogP contribution in [0.1, 0.15) is 11.1 Å². The van der Waals surface area contributed by atoms with Gasteiger partial charge in [-0.2, -0.15) is 5.10 Å². The molecule has 28 heavy (non-hydrogen) atoms. The number of amides is 1. The van der Waals surface area contributed by atoms with E-state index < -0.39 is 5.82 Å². The normalized spacial score (nSPS) is 14.9. The van der Waals surface area contributed by atoms with E-state index >= 15 is 0 Å². The number of carbonyl (C=O) groups is 1. The van der Waals surface area contributed by atoms with Crippen molar-refractivity contribution in [1.29, 1.82) is 0 Å². The molecule has 3 rings (SSSR count). The van der Waals surface area contributed by atoms with Crippen LogP contribution in [0.4, 0.5) is 4.39 Å². The van der Waals surface area contributed by atoms with Gasteiger partial charge in [-0.1, -0.05) is 17.7 Å². The van der Waals surface area contributed by atoms with Crippen LogP contribution in [0.15, 0.2) is 47.6 Å². The Kier molecular flexibility index (Phi) is 7.36. The van der Waals surface area contributed by atoms with Gasteiger partial charge in [0.1, 0.15) is 18.2 Å². The Hall–Kier alpha value is -2.48. The smallest absolute Gasteiger partial charge is 0.254 e. The summed E-state index contributed by atoms with van der Waals surface area (Å²) in [5, 5.41) is 4.29. The Bertz CT molecular complexity index is 804. The molecule has 1 aliphatic rings. The van der Waals surface area contributed by atoms with E-state index in [4.69, 9.17) is 21.1 Å². The topological polar surface area (TPSA) is 63.2 Å². The van der Waals surface area contributed by atoms with Gasteiger partial charge >= 0.3 is 0 Å². The van der Waals surface area contributed by atoms with Gasteiger partial charge in [0, 0.05) is 18.7 Å². The van der Waals surface area contributed by atoms with Gasteiger partial charge < -0.3 is 9.47 Å². The second kappa shape index (κ2) is 10.2. The van der Waals surface area contributed by atoms with Crippen LogP contribution < -0.4 is 10.2 Å². The molecule has 6 nitrogen and oxygen atoms in total. The molecular formula is C20H21ClFN3O3. The van der Waals surface area contributed by atoms with Gasteiger partial charge in [-0.25, -0.2) is 9.82 Å². The summed E-state index contributed by atoms with van der Waals surface area (Å²) in [6, 6.07) is 11.6. The molecule has 0 atom stereocenters. The van der Waals surface area contributed by atoms with Gasteiger partial charge in [0.05, 0.1) is 31.0 Å². The van der Waals surface area contributed by atoms with E-state index in [1.54, 1.807) is 42.6 Å². The Morgan fingerprint density at radius 1 is 1.25 bits per heavy atom. The van der Waals surface area contributed by atoms with Gasteiger partial charge in [-0.3, -0.25) is 9.69 Å². The van der Waals surface area contributed by atoms with Crippen LogP contribution in [-0.4, -0.2) is 49.9 Å². The van der Waals surface area contributed by atoms with Crippen molar-refractivity contribution in [2.75, 3.05) is 32.8 Å². The van der Waals surface area contributed by atoms with Crippen molar-refractivity contribution >= 4 is 23.7 Å². The highest BCUT2D eigenvalue weighted by atomic mass is 35.5. The summed E-state index contributed by atoms with van der Waals surface area (Å²) < 4.78 is 24.6. The van der Waals surface area contributed by atoms with Gasteiger partial charge in [0.2, 0.25) is 0 Å². The molecule has 1 fully saturated rings. The SMILES string of the molecule is O=C(CN1CCOCC1)N/N=C/c1ccc(OCc2c(F)cccc2Cl)cc1. The summed E-state index contributed by atoms with van der Waals surface area (Å²) in [6.07, 6.45) is 1.55. The van der Waals surface area contributed by atoms with E-state index in [1.807, 2.05) is 4.90 Å². The predicted molar refractivity (Wildman–Crippen MR) is 105 cm³/mol. The lowest BCUT2D eigenvalue weighted by Gasteiger charge is -2.25. The van der Waals surface area contributed by atoms with Crippen LogP contribution in [0, 0.1) is 5.82 Å². The third-order valence-electron chi connectivity index (χ3n) is 4.20. The summed E-state index contributed by atoms with van der Waals surface area (Å²) >= 11 is 5.98. The summed E-state index contributed by atoms with van der Waals surface area (Å²) in [5.41, 5.74) is 3.62. The molecule has 1 N–H and O–H groups in total. The molecule has 8 heteroatoms. The Balaban J connectivity index is 1.46. The molecule has 0 aromatic heterocycles. The van der Waals surface area contributed by atoms with Crippen LogP contribution in [0.25, 0.3) is 0 Å². The molecule has 0 spiro atoms. The Morgan fingerprint density at radius 3 is 2.71 bits per heavy atom. The number of benzene rings is 2. The maximum Gasteiger partial charge on any atom is 0.254 e. The van der Waals surface area contributed by atoms with Crippen LogP contribution in [0.2, 0.25) is 5.02 Å². The molecule has 0 bridgehead atoms. The van der Waals surface area contributed by atoms with Gasteiger partial charge in [-0.05, 0) is 42.0 Å². The first-order valence-electron chi connectivity index (χ1n) is 8.89. The van der Waals surface area contributed by atoms with Crippen LogP contribution in [0.3, 0.4) is 0 Å². The number of hydrogen-bond donors (Lipinski definition) is 1. The summed E-state index contributed by atoms with van der Waals surface area (Å²) in [6.45, 7) is 3.12. The number of ether oxygens (including phenoxy) is 2. The maximum absolute atomic E-state index is 13.7. The number of hydrogen-bond acceptors (Lipinski definition) is 5. The summed E-state index contributed by atoms with van der Waals surface area (Å²) in [7, 11) is 0. The monoisotopic (exact) mass is 405 g/mol. The van der Waals surface area contributed by atoms with Crippen molar-refractivity contribution in [3.63, 3.8) is 0 Å². The highest BCUT2D eigenvalue weighted by molar-refractivity contribution is 6.31. The molecule has 1 aliphatic heterocycles. The minimum atomic E-state index is -0.399. The average molecular weight is 406 g/mol. The van der Waals surface area contributed by atoms with E-state index in [0.29, 0.717) is 36.1 Å². The number of morpholine rings is 1. The average Bonchev–Trinajstić information content (AvgIpc) is 2.69. The molecule has 2 aromatic carbocycles. The molecule has 0 unspecified atom stereocenters. The predicted octanol–water partition coefficient (Wildman–Crippen LogP) is 2.84. The van der Waals surface area contributed by atoms with Crippen LogP contribution in [-0.2, 0) is 16.1 Å². The summed E-state index contributed by atoms with van der Waals surface area (Å²) in [5.74, 6) is 0.0109. The minimum absolute atomic E-state index is 0.0382. The van der Waals surface area contributed by atoms with Crippen molar-refractivity contribution in [3.05, 3.63) is 64.4 Å². The first-order valence-corrected chi connectivity index (χ1v) is 9.27. The highest BCUT2D eigenvalue weighted by Crippen LogP contribution is 2.21. The van der Waals surface area contributed by atoms with Gasteiger partial charge in [-0.15, -0.1) is 0 Å². The lowest BCUT2D eigenvalue weighted by atomic mass is 10.2. The number of hydrazone groups is 1. The largest absolute Gasteiger partial charge is 0.489 e. The van der Waals surface area contributed by atoms with Crippen molar-refractivity contribution in [2.45, 2.75) is 6.61 Å².